The van der Waals surface area contributed by atoms with Crippen LogP contribution in [0.3, 0.4) is 0 Å². The minimum Gasteiger partial charge on any atom is -0.320 e. The summed E-state index contributed by atoms with van der Waals surface area (Å²) in [5.41, 5.74) is 0. The van der Waals surface area contributed by atoms with Crippen LogP contribution in [-0.4, -0.2) is 57.3 Å². The van der Waals surface area contributed by atoms with Crippen molar-refractivity contribution in [2.24, 2.45) is 5.92 Å². The van der Waals surface area contributed by atoms with Crippen LogP contribution in [0.5, 0.6) is 0 Å². The first-order valence-corrected chi connectivity index (χ1v) is 8.28. The quantitative estimate of drug-likeness (QED) is 0.703. The molecular weight excluding hydrogens is 250 g/mol. The van der Waals surface area contributed by atoms with Gasteiger partial charge < -0.3 is 5.32 Å². The van der Waals surface area contributed by atoms with Crippen LogP contribution in [0.25, 0.3) is 0 Å². The Morgan fingerprint density at radius 1 is 1.33 bits per heavy atom. The Balaban J connectivity index is 2.48. The highest BCUT2D eigenvalue weighted by Crippen LogP contribution is 2.22. The maximum Gasteiger partial charge on any atom is 0.281 e. The highest BCUT2D eigenvalue weighted by Gasteiger charge is 2.30. The van der Waals surface area contributed by atoms with Crippen molar-refractivity contribution in [2.45, 2.75) is 32.6 Å². The van der Waals surface area contributed by atoms with Crippen molar-refractivity contribution in [3.8, 4) is 0 Å². The van der Waals surface area contributed by atoms with Gasteiger partial charge in [0.05, 0.1) is 0 Å². The summed E-state index contributed by atoms with van der Waals surface area (Å²) in [7, 11) is 0.321. The molecule has 0 bridgehead atoms. The van der Waals surface area contributed by atoms with Crippen molar-refractivity contribution in [1.82, 2.24) is 13.9 Å². The van der Waals surface area contributed by atoms with Crippen LogP contribution in [-0.2, 0) is 10.2 Å². The first-order valence-electron chi connectivity index (χ1n) is 6.88. The fourth-order valence-electron chi connectivity index (χ4n) is 2.34. The lowest BCUT2D eigenvalue weighted by Crippen LogP contribution is -2.46. The van der Waals surface area contributed by atoms with E-state index in [1.165, 1.54) is 4.31 Å². The number of nitrogens with one attached hydrogen (secondary N) is 1. The van der Waals surface area contributed by atoms with E-state index in [1.54, 1.807) is 11.4 Å². The predicted molar refractivity (Wildman–Crippen MR) is 74.7 cm³/mol. The van der Waals surface area contributed by atoms with Gasteiger partial charge in [0, 0.05) is 26.7 Å². The zero-order chi connectivity index (χ0) is 13.6. The van der Waals surface area contributed by atoms with Gasteiger partial charge in [0.15, 0.2) is 0 Å². The molecule has 1 saturated heterocycles. The number of rotatable bonds is 7. The molecule has 1 aliphatic heterocycles. The third kappa shape index (κ3) is 4.19. The lowest BCUT2D eigenvalue weighted by Gasteiger charge is -2.33. The van der Waals surface area contributed by atoms with E-state index in [1.807, 2.05) is 7.05 Å². The number of hydrogen-bond acceptors (Lipinski definition) is 3. The number of nitrogens with zero attached hydrogens (tertiary/aromatic N) is 2. The third-order valence-electron chi connectivity index (χ3n) is 3.77. The van der Waals surface area contributed by atoms with Crippen molar-refractivity contribution < 1.29 is 8.42 Å². The standard InChI is InChI=1S/C12H27N3O2S/c1-4-12-6-10-15(11-7-12)18(16,17)14(3)9-5-8-13-2/h12-13H,4-11H2,1-3H3. The number of hydrogen-bond donors (Lipinski definition) is 1. The molecule has 0 atom stereocenters. The average Bonchev–Trinajstić information content (AvgIpc) is 2.39. The van der Waals surface area contributed by atoms with Crippen molar-refractivity contribution in [2.75, 3.05) is 40.3 Å². The van der Waals surface area contributed by atoms with Crippen molar-refractivity contribution in [1.29, 1.82) is 0 Å². The van der Waals surface area contributed by atoms with Crippen LogP contribution in [0, 0.1) is 5.92 Å². The van der Waals surface area contributed by atoms with Crippen molar-refractivity contribution in [3.05, 3.63) is 0 Å². The minimum absolute atomic E-state index is 0.580. The van der Waals surface area contributed by atoms with Gasteiger partial charge in [-0.2, -0.15) is 17.0 Å². The molecule has 0 radical (unpaired) electrons. The number of piperidine rings is 1. The van der Waals surface area contributed by atoms with Crippen molar-refractivity contribution >= 4 is 10.2 Å². The van der Waals surface area contributed by atoms with Crippen LogP contribution in [0.2, 0.25) is 0 Å². The molecule has 5 nitrogen and oxygen atoms in total. The second kappa shape index (κ2) is 7.43. The average molecular weight is 277 g/mol. The zero-order valence-corrected chi connectivity index (χ0v) is 12.7. The second-order valence-corrected chi connectivity index (χ2v) is 7.07. The van der Waals surface area contributed by atoms with E-state index in [-0.39, 0.29) is 0 Å². The molecule has 0 saturated carbocycles. The Morgan fingerprint density at radius 2 is 1.94 bits per heavy atom. The molecule has 1 rings (SSSR count). The van der Waals surface area contributed by atoms with Crippen molar-refractivity contribution in [3.63, 3.8) is 0 Å². The van der Waals surface area contributed by atoms with Gasteiger partial charge in [-0.15, -0.1) is 0 Å². The van der Waals surface area contributed by atoms with Crippen LogP contribution >= 0.6 is 0 Å². The lowest BCUT2D eigenvalue weighted by molar-refractivity contribution is 0.254. The molecule has 0 amide bonds. The van der Waals surface area contributed by atoms with Gasteiger partial charge in [0.2, 0.25) is 0 Å². The topological polar surface area (TPSA) is 52.7 Å². The van der Waals surface area contributed by atoms with Crippen LogP contribution in [0.4, 0.5) is 0 Å². The smallest absolute Gasteiger partial charge is 0.281 e. The minimum atomic E-state index is -3.24. The SMILES string of the molecule is CCC1CCN(S(=O)(=O)N(C)CCCNC)CC1. The summed E-state index contributed by atoms with van der Waals surface area (Å²) in [5, 5.41) is 3.03. The Hall–Kier alpha value is -0.170. The molecular formula is C12H27N3O2S. The van der Waals surface area contributed by atoms with E-state index >= 15 is 0 Å². The van der Waals surface area contributed by atoms with Gasteiger partial charge >= 0.3 is 0 Å². The van der Waals surface area contributed by atoms with Gasteiger partial charge in [-0.3, -0.25) is 0 Å². The Labute approximate surface area is 112 Å². The summed E-state index contributed by atoms with van der Waals surface area (Å²) in [5.74, 6) is 0.700. The highest BCUT2D eigenvalue weighted by molar-refractivity contribution is 7.86. The fraction of sp³-hybridized carbons (Fsp3) is 1.00. The molecule has 0 aliphatic carbocycles. The monoisotopic (exact) mass is 277 g/mol. The Bertz CT molecular complexity index is 324. The molecule has 0 aromatic rings. The maximum absolute atomic E-state index is 12.3. The summed E-state index contributed by atoms with van der Waals surface area (Å²) >= 11 is 0. The van der Waals surface area contributed by atoms with E-state index in [9.17, 15) is 8.42 Å². The molecule has 6 heteroatoms. The largest absolute Gasteiger partial charge is 0.320 e. The molecule has 1 aliphatic rings. The summed E-state index contributed by atoms with van der Waals surface area (Å²) in [6.07, 6.45) is 4.00. The van der Waals surface area contributed by atoms with Gasteiger partial charge in [-0.25, -0.2) is 0 Å². The van der Waals surface area contributed by atoms with E-state index in [0.717, 1.165) is 32.2 Å². The van der Waals surface area contributed by atoms with E-state index in [0.29, 0.717) is 25.6 Å². The first-order chi connectivity index (χ1) is 8.52. The van der Waals surface area contributed by atoms with Crippen LogP contribution in [0.1, 0.15) is 32.6 Å². The molecule has 1 fully saturated rings. The molecule has 108 valence electrons. The van der Waals surface area contributed by atoms with Gasteiger partial charge in [0.25, 0.3) is 10.2 Å². The van der Waals surface area contributed by atoms with E-state index < -0.39 is 10.2 Å². The molecule has 18 heavy (non-hydrogen) atoms. The molecule has 0 aromatic heterocycles. The van der Waals surface area contributed by atoms with Gasteiger partial charge in [0.1, 0.15) is 0 Å². The summed E-state index contributed by atoms with van der Waals surface area (Å²) < 4.78 is 27.7. The fourth-order valence-corrected chi connectivity index (χ4v) is 3.77. The second-order valence-electron chi connectivity index (χ2n) is 5.04. The molecule has 0 aromatic carbocycles. The highest BCUT2D eigenvalue weighted by atomic mass is 32.2. The predicted octanol–water partition coefficient (Wildman–Crippen LogP) is 0.895. The summed E-state index contributed by atoms with van der Waals surface area (Å²) in [4.78, 5) is 0. The molecule has 1 heterocycles. The van der Waals surface area contributed by atoms with E-state index in [4.69, 9.17) is 0 Å². The Kier molecular flexibility index (Phi) is 6.55. The normalized spacial score (nSPS) is 19.6. The van der Waals surface area contributed by atoms with Gasteiger partial charge in [-0.05, 0) is 38.8 Å². The molecule has 1 N–H and O–H groups in total. The van der Waals surface area contributed by atoms with Crippen LogP contribution in [0.15, 0.2) is 0 Å². The lowest BCUT2D eigenvalue weighted by atomic mass is 9.96. The summed E-state index contributed by atoms with van der Waals surface area (Å²) in [6, 6.07) is 0. The van der Waals surface area contributed by atoms with E-state index in [2.05, 4.69) is 12.2 Å². The van der Waals surface area contributed by atoms with Gasteiger partial charge in [-0.1, -0.05) is 13.3 Å². The summed E-state index contributed by atoms with van der Waals surface area (Å²) in [6.45, 7) is 4.96. The maximum atomic E-state index is 12.3. The Morgan fingerprint density at radius 3 is 2.44 bits per heavy atom. The third-order valence-corrected chi connectivity index (χ3v) is 5.76. The molecule has 0 unspecified atom stereocenters. The zero-order valence-electron chi connectivity index (χ0n) is 11.9. The van der Waals surface area contributed by atoms with Crippen LogP contribution < -0.4 is 5.32 Å². The first kappa shape index (κ1) is 15.9. The molecule has 0 spiro atoms.